The lowest BCUT2D eigenvalue weighted by molar-refractivity contribution is -0.870. The number of hydrogen-bond acceptors (Lipinski definition) is 6. The first-order valence-corrected chi connectivity index (χ1v) is 29.5. The molecule has 10 heteroatoms. The van der Waals surface area contributed by atoms with Crippen LogP contribution in [-0.2, 0) is 27.9 Å². The van der Waals surface area contributed by atoms with Crippen LogP contribution in [0.1, 0.15) is 252 Å². The highest BCUT2D eigenvalue weighted by Crippen LogP contribution is 2.43. The van der Waals surface area contributed by atoms with Crippen LogP contribution >= 0.6 is 7.82 Å². The van der Waals surface area contributed by atoms with Crippen molar-refractivity contribution in [3.05, 3.63) is 48.6 Å². The molecule has 67 heavy (non-hydrogen) atoms. The van der Waals surface area contributed by atoms with Gasteiger partial charge in [-0.2, -0.15) is 0 Å². The number of phosphoric ester groups is 1. The highest BCUT2D eigenvalue weighted by molar-refractivity contribution is 7.47. The standard InChI is InChI=1S/C57H107N2O7P/c1-7-10-13-16-19-22-25-27-28-29-30-32-35-38-41-44-47-50-57(61)66-55(48-45-42-39-36-34-31-26-23-20-17-14-11-8-2)54(53-65-67(62,63)64-52-51-59(4,5)6)58-56(60)49-46-43-40-37-33-24-21-18-15-12-9-3/h18-19,21-22,27-28,45,48,54-55H,7-17,20,23-26,29-44,46-47,49-53H2,1-6H3,(H-,58,60,62,63)/p+1/b21-18-,22-19-,28-27-,48-45-. The van der Waals surface area contributed by atoms with Gasteiger partial charge in [0, 0.05) is 12.8 Å². The Kier molecular flexibility index (Phi) is 46.2. The first kappa shape index (κ1) is 65.0. The Bertz CT molecular complexity index is 1290. The highest BCUT2D eigenvalue weighted by Gasteiger charge is 2.30. The third-order valence-corrected chi connectivity index (χ3v) is 13.2. The van der Waals surface area contributed by atoms with Gasteiger partial charge in [-0.1, -0.05) is 205 Å². The molecule has 0 aliphatic heterocycles. The Morgan fingerprint density at radius 1 is 0.522 bits per heavy atom. The number of esters is 1. The quantitative estimate of drug-likeness (QED) is 0.0205. The maximum absolute atomic E-state index is 13.4. The van der Waals surface area contributed by atoms with Crippen molar-refractivity contribution in [2.75, 3.05) is 40.9 Å². The molecule has 2 N–H and O–H groups in total. The van der Waals surface area contributed by atoms with Crippen molar-refractivity contribution in [2.45, 2.75) is 264 Å². The van der Waals surface area contributed by atoms with Crippen molar-refractivity contribution < 1.29 is 37.3 Å². The summed E-state index contributed by atoms with van der Waals surface area (Å²) in [5.74, 6) is -0.523. The minimum Gasteiger partial charge on any atom is -0.456 e. The molecule has 0 radical (unpaired) electrons. The second-order valence-corrected chi connectivity index (χ2v) is 21.6. The van der Waals surface area contributed by atoms with Crippen LogP contribution < -0.4 is 5.32 Å². The van der Waals surface area contributed by atoms with E-state index < -0.39 is 20.0 Å². The highest BCUT2D eigenvalue weighted by atomic mass is 31.2. The Balaban J connectivity index is 5.38. The average Bonchev–Trinajstić information content (AvgIpc) is 3.28. The molecule has 3 unspecified atom stereocenters. The first-order chi connectivity index (χ1) is 32.4. The topological polar surface area (TPSA) is 111 Å². The van der Waals surface area contributed by atoms with Crippen LogP contribution in [0.25, 0.3) is 0 Å². The summed E-state index contributed by atoms with van der Waals surface area (Å²) in [6, 6.07) is -0.853. The average molecular weight is 964 g/mol. The first-order valence-electron chi connectivity index (χ1n) is 28.0. The predicted octanol–water partition coefficient (Wildman–Crippen LogP) is 16.6. The van der Waals surface area contributed by atoms with Gasteiger partial charge in [0.1, 0.15) is 19.3 Å². The molecule has 0 heterocycles. The Morgan fingerprint density at radius 2 is 0.925 bits per heavy atom. The molecular formula is C57H108N2O7P+. The number of hydrogen-bond donors (Lipinski definition) is 2. The molecule has 0 aromatic carbocycles. The molecule has 0 saturated carbocycles. The van der Waals surface area contributed by atoms with Crippen molar-refractivity contribution in [1.29, 1.82) is 0 Å². The van der Waals surface area contributed by atoms with Gasteiger partial charge in [-0.3, -0.25) is 18.6 Å². The molecule has 0 spiro atoms. The number of rotatable bonds is 50. The number of allylic oxidation sites excluding steroid dienone is 7. The van der Waals surface area contributed by atoms with E-state index in [1.54, 1.807) is 0 Å². The monoisotopic (exact) mass is 964 g/mol. The fraction of sp³-hybridized carbons (Fsp3) is 0.825. The summed E-state index contributed by atoms with van der Waals surface area (Å²) in [7, 11) is 1.49. The summed E-state index contributed by atoms with van der Waals surface area (Å²) in [4.78, 5) is 37.5. The normalized spacial score (nSPS) is 14.2. The van der Waals surface area contributed by atoms with Gasteiger partial charge in [-0.15, -0.1) is 0 Å². The number of likely N-dealkylation sites (N-methyl/N-ethyl adjacent to an activating group) is 1. The van der Waals surface area contributed by atoms with Gasteiger partial charge in [-0.25, -0.2) is 4.57 Å². The lowest BCUT2D eigenvalue weighted by Gasteiger charge is -2.27. The zero-order chi connectivity index (χ0) is 49.4. The molecule has 392 valence electrons. The van der Waals surface area contributed by atoms with Crippen molar-refractivity contribution in [1.82, 2.24) is 5.32 Å². The van der Waals surface area contributed by atoms with E-state index in [1.807, 2.05) is 33.3 Å². The van der Waals surface area contributed by atoms with Gasteiger partial charge in [-0.05, 0) is 83.1 Å². The van der Waals surface area contributed by atoms with E-state index in [4.69, 9.17) is 13.8 Å². The molecule has 0 aromatic rings. The number of phosphoric acid groups is 1. The lowest BCUT2D eigenvalue weighted by Crippen LogP contribution is -2.47. The Labute approximate surface area is 414 Å². The number of quaternary nitrogens is 1. The van der Waals surface area contributed by atoms with E-state index in [0.717, 1.165) is 103 Å². The van der Waals surface area contributed by atoms with Gasteiger partial charge < -0.3 is 19.4 Å². The van der Waals surface area contributed by atoms with Crippen LogP contribution in [0.2, 0.25) is 0 Å². The molecule has 0 aliphatic carbocycles. The number of nitrogens with one attached hydrogen (secondary N) is 1. The predicted molar refractivity (Wildman–Crippen MR) is 286 cm³/mol. The maximum atomic E-state index is 13.4. The molecule has 9 nitrogen and oxygen atoms in total. The summed E-state index contributed by atoms with van der Waals surface area (Å²) >= 11 is 0. The number of amides is 1. The minimum absolute atomic E-state index is 0.0371. The second kappa shape index (κ2) is 47.6. The SMILES string of the molecule is CCCC/C=C\CCCCCCCC(=O)NC(COP(=O)(O)OCC[N+](C)(C)C)C(/C=C\CCCCCCCCCCCCC)OC(=O)CCCCCCCCC/C=C\C/C=C\CCCCC. The number of ether oxygens (including phenoxy) is 1. The van der Waals surface area contributed by atoms with E-state index in [0.29, 0.717) is 17.4 Å². The van der Waals surface area contributed by atoms with E-state index >= 15 is 0 Å². The molecule has 0 aromatic heterocycles. The van der Waals surface area contributed by atoms with E-state index in [9.17, 15) is 19.0 Å². The third kappa shape index (κ3) is 48.8. The lowest BCUT2D eigenvalue weighted by atomic mass is 10.0. The number of nitrogens with zero attached hydrogens (tertiary/aromatic N) is 1. The second-order valence-electron chi connectivity index (χ2n) is 20.1. The summed E-state index contributed by atoms with van der Waals surface area (Å²) in [6.45, 7) is 6.94. The van der Waals surface area contributed by atoms with Crippen LogP contribution in [0.3, 0.4) is 0 Å². The van der Waals surface area contributed by atoms with Gasteiger partial charge in [0.25, 0.3) is 0 Å². The zero-order valence-corrected chi connectivity index (χ0v) is 45.5. The largest absolute Gasteiger partial charge is 0.472 e. The van der Waals surface area contributed by atoms with Crippen molar-refractivity contribution in [3.8, 4) is 0 Å². The smallest absolute Gasteiger partial charge is 0.456 e. The molecular weight excluding hydrogens is 856 g/mol. The summed E-state index contributed by atoms with van der Waals surface area (Å²) in [6.07, 6.45) is 56.7. The van der Waals surface area contributed by atoms with Gasteiger partial charge in [0.15, 0.2) is 0 Å². The van der Waals surface area contributed by atoms with Gasteiger partial charge >= 0.3 is 13.8 Å². The van der Waals surface area contributed by atoms with Gasteiger partial charge in [0.05, 0.1) is 33.8 Å². The molecule has 0 rings (SSSR count). The van der Waals surface area contributed by atoms with E-state index in [-0.39, 0.29) is 31.5 Å². The molecule has 0 aliphatic rings. The van der Waals surface area contributed by atoms with Crippen LogP contribution in [0.15, 0.2) is 48.6 Å². The number of carbonyl (C=O) groups is 2. The van der Waals surface area contributed by atoms with Gasteiger partial charge in [0.2, 0.25) is 5.91 Å². The van der Waals surface area contributed by atoms with Crippen LogP contribution in [0, 0.1) is 0 Å². The zero-order valence-electron chi connectivity index (χ0n) is 44.6. The van der Waals surface area contributed by atoms with Crippen LogP contribution in [0.4, 0.5) is 0 Å². The third-order valence-electron chi connectivity index (χ3n) is 12.2. The van der Waals surface area contributed by atoms with E-state index in [2.05, 4.69) is 62.5 Å². The van der Waals surface area contributed by atoms with Crippen molar-refractivity contribution in [2.24, 2.45) is 0 Å². The molecule has 1 amide bonds. The van der Waals surface area contributed by atoms with Crippen LogP contribution in [-0.4, -0.2) is 74.3 Å². The summed E-state index contributed by atoms with van der Waals surface area (Å²) < 4.78 is 30.6. The Hall–Kier alpha value is -2.03. The van der Waals surface area contributed by atoms with E-state index in [1.165, 1.54) is 116 Å². The molecule has 0 bridgehead atoms. The van der Waals surface area contributed by atoms with Crippen LogP contribution in [0.5, 0.6) is 0 Å². The summed E-state index contributed by atoms with van der Waals surface area (Å²) in [5.41, 5.74) is 0. The summed E-state index contributed by atoms with van der Waals surface area (Å²) in [5, 5.41) is 3.03. The Morgan fingerprint density at radius 3 is 1.43 bits per heavy atom. The fourth-order valence-corrected chi connectivity index (χ4v) is 8.57. The molecule has 3 atom stereocenters. The maximum Gasteiger partial charge on any atom is 0.472 e. The molecule has 0 fully saturated rings. The molecule has 0 saturated heterocycles. The number of unbranched alkanes of at least 4 members (excludes halogenated alkanes) is 28. The fourth-order valence-electron chi connectivity index (χ4n) is 7.83. The number of carbonyl (C=O) groups excluding carboxylic acids is 2. The minimum atomic E-state index is -4.44. The van der Waals surface area contributed by atoms with Crippen molar-refractivity contribution >= 4 is 19.7 Å². The van der Waals surface area contributed by atoms with Crippen molar-refractivity contribution in [3.63, 3.8) is 0 Å².